The standard InChI is InChI=1S/C20H23N5O2/c1-11(12(2)21)15-16-17(27-18(15)22)19(25-10-24-16)23-9-13-6-5-7-14(8-13)20(3,4)26/h5-8,10,21-22,26H,9H2,1-4H3,(H,23,24,25)/b15-11-,21-12?,22-18?. The van der Waals surface area contributed by atoms with Crippen LogP contribution in [-0.4, -0.2) is 26.7 Å². The molecule has 27 heavy (non-hydrogen) atoms. The van der Waals surface area contributed by atoms with E-state index in [0.29, 0.717) is 40.7 Å². The number of fused-ring (bicyclic) bond motifs is 1. The first kappa shape index (κ1) is 18.7. The molecule has 0 atom stereocenters. The minimum absolute atomic E-state index is 0.0262. The van der Waals surface area contributed by atoms with Crippen LogP contribution in [0.25, 0.3) is 5.57 Å². The molecule has 0 radical (unpaired) electrons. The van der Waals surface area contributed by atoms with Gasteiger partial charge in [-0.15, -0.1) is 0 Å². The maximum absolute atomic E-state index is 10.2. The molecule has 7 nitrogen and oxygen atoms in total. The SMILES string of the molecule is CC(=N)/C(C)=C1\C(=N)Oc2c(NCc3cccc(C(C)(C)O)c3)ncnc21. The number of rotatable bonds is 5. The molecule has 0 saturated heterocycles. The number of benzene rings is 1. The summed E-state index contributed by atoms with van der Waals surface area (Å²) in [5.74, 6) is 0.863. The molecule has 7 heteroatoms. The number of hydrogen-bond acceptors (Lipinski definition) is 7. The second-order valence-electron chi connectivity index (χ2n) is 7.07. The highest BCUT2D eigenvalue weighted by atomic mass is 16.5. The number of ether oxygens (including phenoxy) is 1. The van der Waals surface area contributed by atoms with E-state index in [9.17, 15) is 5.11 Å². The lowest BCUT2D eigenvalue weighted by Gasteiger charge is -2.18. The summed E-state index contributed by atoms with van der Waals surface area (Å²) in [4.78, 5) is 8.49. The van der Waals surface area contributed by atoms with Crippen molar-refractivity contribution >= 4 is 23.0 Å². The molecular weight excluding hydrogens is 342 g/mol. The minimum atomic E-state index is -0.911. The lowest BCUT2D eigenvalue weighted by atomic mass is 9.96. The number of nitrogens with one attached hydrogen (secondary N) is 3. The molecule has 1 aliphatic heterocycles. The maximum Gasteiger partial charge on any atom is 0.222 e. The van der Waals surface area contributed by atoms with Gasteiger partial charge in [-0.3, -0.25) is 5.41 Å². The zero-order valence-electron chi connectivity index (χ0n) is 15.8. The van der Waals surface area contributed by atoms with Gasteiger partial charge in [0.15, 0.2) is 11.6 Å². The first-order chi connectivity index (χ1) is 12.7. The highest BCUT2D eigenvalue weighted by Gasteiger charge is 2.31. The number of aromatic nitrogens is 2. The second-order valence-corrected chi connectivity index (χ2v) is 7.07. The molecule has 0 fully saturated rings. The Kier molecular flexibility index (Phi) is 4.80. The monoisotopic (exact) mass is 365 g/mol. The van der Waals surface area contributed by atoms with Gasteiger partial charge in [0, 0.05) is 12.3 Å². The van der Waals surface area contributed by atoms with Gasteiger partial charge in [0.05, 0.1) is 11.2 Å². The van der Waals surface area contributed by atoms with E-state index < -0.39 is 5.60 Å². The van der Waals surface area contributed by atoms with Crippen LogP contribution in [0.15, 0.2) is 36.2 Å². The summed E-state index contributed by atoms with van der Waals surface area (Å²) in [5.41, 5.74) is 2.96. The minimum Gasteiger partial charge on any atom is -0.433 e. The van der Waals surface area contributed by atoms with Gasteiger partial charge in [0.25, 0.3) is 0 Å². The molecule has 1 aliphatic rings. The Morgan fingerprint density at radius 3 is 2.67 bits per heavy atom. The van der Waals surface area contributed by atoms with Crippen LogP contribution in [0.2, 0.25) is 0 Å². The molecule has 3 rings (SSSR count). The number of aliphatic hydroxyl groups is 1. The zero-order chi connectivity index (χ0) is 19.8. The van der Waals surface area contributed by atoms with Gasteiger partial charge in [-0.25, -0.2) is 9.97 Å². The Morgan fingerprint density at radius 1 is 1.26 bits per heavy atom. The molecule has 0 aliphatic carbocycles. The number of hydrogen-bond donors (Lipinski definition) is 4. The summed E-state index contributed by atoms with van der Waals surface area (Å²) in [7, 11) is 0. The van der Waals surface area contributed by atoms with Crippen LogP contribution in [-0.2, 0) is 12.1 Å². The van der Waals surface area contributed by atoms with Crippen molar-refractivity contribution in [1.82, 2.24) is 9.97 Å². The third kappa shape index (κ3) is 3.73. The average molecular weight is 365 g/mol. The van der Waals surface area contributed by atoms with E-state index >= 15 is 0 Å². The van der Waals surface area contributed by atoms with Crippen LogP contribution in [0, 0.1) is 10.8 Å². The molecule has 2 aromatic rings. The quantitative estimate of drug-likeness (QED) is 0.605. The Morgan fingerprint density at radius 2 is 2.00 bits per heavy atom. The zero-order valence-corrected chi connectivity index (χ0v) is 15.8. The molecule has 0 bridgehead atoms. The molecule has 0 amide bonds. The topological polar surface area (TPSA) is 115 Å². The molecule has 4 N–H and O–H groups in total. The average Bonchev–Trinajstić information content (AvgIpc) is 2.95. The number of nitrogens with zero attached hydrogens (tertiary/aromatic N) is 2. The van der Waals surface area contributed by atoms with Crippen molar-refractivity contribution < 1.29 is 9.84 Å². The lowest BCUT2D eigenvalue weighted by molar-refractivity contribution is 0.0785. The van der Waals surface area contributed by atoms with Crippen molar-refractivity contribution in [2.24, 2.45) is 0 Å². The van der Waals surface area contributed by atoms with Gasteiger partial charge in [0.2, 0.25) is 5.90 Å². The number of allylic oxidation sites excluding steroid dienone is 1. The molecule has 0 saturated carbocycles. The molecular formula is C20H23N5O2. The first-order valence-electron chi connectivity index (χ1n) is 8.62. The molecule has 1 aromatic carbocycles. The van der Waals surface area contributed by atoms with Gasteiger partial charge in [-0.1, -0.05) is 24.3 Å². The van der Waals surface area contributed by atoms with Gasteiger partial charge >= 0.3 is 0 Å². The smallest absolute Gasteiger partial charge is 0.222 e. The van der Waals surface area contributed by atoms with E-state index in [4.69, 9.17) is 15.6 Å². The highest BCUT2D eigenvalue weighted by molar-refractivity contribution is 6.28. The third-order valence-corrected chi connectivity index (χ3v) is 4.50. The number of anilines is 1. The van der Waals surface area contributed by atoms with Crippen molar-refractivity contribution in [2.45, 2.75) is 39.8 Å². The van der Waals surface area contributed by atoms with Crippen molar-refractivity contribution in [1.29, 1.82) is 10.8 Å². The predicted molar refractivity (Wildman–Crippen MR) is 105 cm³/mol. The first-order valence-corrected chi connectivity index (χ1v) is 8.62. The van der Waals surface area contributed by atoms with E-state index in [2.05, 4.69) is 15.3 Å². The van der Waals surface area contributed by atoms with Crippen LogP contribution < -0.4 is 10.1 Å². The Hall–Kier alpha value is -3.06. The van der Waals surface area contributed by atoms with E-state index in [-0.39, 0.29) is 5.90 Å². The third-order valence-electron chi connectivity index (χ3n) is 4.50. The van der Waals surface area contributed by atoms with Gasteiger partial charge in [-0.05, 0) is 44.4 Å². The predicted octanol–water partition coefficient (Wildman–Crippen LogP) is 3.50. The van der Waals surface area contributed by atoms with E-state index in [1.54, 1.807) is 27.7 Å². The van der Waals surface area contributed by atoms with Crippen molar-refractivity contribution in [2.75, 3.05) is 5.32 Å². The van der Waals surface area contributed by atoms with Gasteiger partial charge in [0.1, 0.15) is 12.0 Å². The summed E-state index contributed by atoms with van der Waals surface area (Å²) in [5, 5.41) is 29.3. The maximum atomic E-state index is 10.2. The molecule has 2 heterocycles. The van der Waals surface area contributed by atoms with Crippen LogP contribution in [0.1, 0.15) is 44.5 Å². The van der Waals surface area contributed by atoms with E-state index in [0.717, 1.165) is 11.1 Å². The normalized spacial score (nSPS) is 15.2. The molecule has 140 valence electrons. The molecule has 0 spiro atoms. The van der Waals surface area contributed by atoms with E-state index in [1.165, 1.54) is 6.33 Å². The fourth-order valence-electron chi connectivity index (χ4n) is 2.82. The fraction of sp³-hybridized carbons (Fsp3) is 0.300. The van der Waals surface area contributed by atoms with Crippen molar-refractivity contribution in [3.63, 3.8) is 0 Å². The molecule has 0 unspecified atom stereocenters. The Labute approximate surface area is 158 Å². The van der Waals surface area contributed by atoms with Crippen molar-refractivity contribution in [3.05, 3.63) is 53.0 Å². The van der Waals surface area contributed by atoms with Crippen molar-refractivity contribution in [3.8, 4) is 5.75 Å². The van der Waals surface area contributed by atoms with Crippen LogP contribution in [0.4, 0.5) is 5.82 Å². The fourth-order valence-corrected chi connectivity index (χ4v) is 2.82. The Balaban J connectivity index is 1.89. The van der Waals surface area contributed by atoms with E-state index in [1.807, 2.05) is 24.3 Å². The van der Waals surface area contributed by atoms with Gasteiger partial charge in [-0.2, -0.15) is 0 Å². The summed E-state index contributed by atoms with van der Waals surface area (Å²) in [6, 6.07) is 7.68. The van der Waals surface area contributed by atoms with Gasteiger partial charge < -0.3 is 20.6 Å². The van der Waals surface area contributed by atoms with Crippen LogP contribution in [0.3, 0.4) is 0 Å². The Bertz CT molecular complexity index is 957. The highest BCUT2D eigenvalue weighted by Crippen LogP contribution is 2.39. The van der Waals surface area contributed by atoms with Crippen LogP contribution >= 0.6 is 0 Å². The summed E-state index contributed by atoms with van der Waals surface area (Å²) >= 11 is 0. The summed E-state index contributed by atoms with van der Waals surface area (Å²) < 4.78 is 5.59. The second kappa shape index (κ2) is 6.92. The largest absolute Gasteiger partial charge is 0.433 e. The van der Waals surface area contributed by atoms with Crippen LogP contribution in [0.5, 0.6) is 5.75 Å². The summed E-state index contributed by atoms with van der Waals surface area (Å²) in [6.07, 6.45) is 1.42. The molecule has 1 aromatic heterocycles. The summed E-state index contributed by atoms with van der Waals surface area (Å²) in [6.45, 7) is 7.42. The lowest BCUT2D eigenvalue weighted by Crippen LogP contribution is -2.16.